The first-order valence-electron chi connectivity index (χ1n) is 6.35. The van der Waals surface area contributed by atoms with Crippen molar-refractivity contribution in [2.75, 3.05) is 0 Å². The Hall–Kier alpha value is -2.54. The first-order chi connectivity index (χ1) is 10.3. The average Bonchev–Trinajstić information content (AvgIpc) is 3.15. The first-order valence-corrected chi connectivity index (χ1v) is 7.29. The molecule has 106 valence electrons. The second-order valence-electron chi connectivity index (χ2n) is 4.41. The van der Waals surface area contributed by atoms with Crippen LogP contribution in [0.25, 0.3) is 11.4 Å². The average molecular weight is 300 g/mol. The molecule has 0 aliphatic carbocycles. The molecule has 7 heteroatoms. The third-order valence-electron chi connectivity index (χ3n) is 3.04. The van der Waals surface area contributed by atoms with E-state index in [1.54, 1.807) is 34.3 Å². The van der Waals surface area contributed by atoms with Crippen molar-refractivity contribution in [1.29, 1.82) is 0 Å². The van der Waals surface area contributed by atoms with Gasteiger partial charge in [0.2, 0.25) is 0 Å². The normalized spacial score (nSPS) is 10.7. The van der Waals surface area contributed by atoms with Crippen LogP contribution in [0.3, 0.4) is 0 Å². The highest BCUT2D eigenvalue weighted by Gasteiger charge is 2.21. The minimum Gasteiger partial charge on any atom is -0.476 e. The standard InChI is InChI=1S/C14H12N4O2S/c19-14(20)12-13(11-3-1-2-6-15-11)18(17-16-12)7-4-10-5-8-21-9-10/h1-3,5-6,8-9H,4,7H2,(H,19,20). The van der Waals surface area contributed by atoms with Crippen molar-refractivity contribution < 1.29 is 9.90 Å². The topological polar surface area (TPSA) is 80.9 Å². The van der Waals surface area contributed by atoms with Gasteiger partial charge in [0.25, 0.3) is 0 Å². The molecule has 0 amide bonds. The van der Waals surface area contributed by atoms with Gasteiger partial charge in [-0.3, -0.25) is 4.98 Å². The van der Waals surface area contributed by atoms with E-state index in [1.165, 1.54) is 5.56 Å². The Kier molecular flexibility index (Phi) is 3.74. The maximum Gasteiger partial charge on any atom is 0.358 e. The van der Waals surface area contributed by atoms with E-state index in [9.17, 15) is 9.90 Å². The van der Waals surface area contributed by atoms with Crippen LogP contribution in [0.5, 0.6) is 0 Å². The van der Waals surface area contributed by atoms with Gasteiger partial charge in [0.1, 0.15) is 5.69 Å². The van der Waals surface area contributed by atoms with Crippen LogP contribution in [-0.4, -0.2) is 31.1 Å². The lowest BCUT2D eigenvalue weighted by molar-refractivity contribution is 0.0691. The number of pyridine rings is 1. The number of aromatic nitrogens is 4. The summed E-state index contributed by atoms with van der Waals surface area (Å²) in [6.45, 7) is 0.558. The number of hydrogen-bond donors (Lipinski definition) is 1. The Labute approximate surface area is 124 Å². The van der Waals surface area contributed by atoms with Crippen LogP contribution >= 0.6 is 11.3 Å². The third kappa shape index (κ3) is 2.82. The summed E-state index contributed by atoms with van der Waals surface area (Å²) in [5, 5.41) is 21.1. The van der Waals surface area contributed by atoms with E-state index >= 15 is 0 Å². The Bertz CT molecular complexity index is 738. The summed E-state index contributed by atoms with van der Waals surface area (Å²) in [7, 11) is 0. The summed E-state index contributed by atoms with van der Waals surface area (Å²) in [4.78, 5) is 15.5. The van der Waals surface area contributed by atoms with Gasteiger partial charge in [-0.1, -0.05) is 11.3 Å². The fourth-order valence-electron chi connectivity index (χ4n) is 2.04. The van der Waals surface area contributed by atoms with Gasteiger partial charge in [0.15, 0.2) is 5.69 Å². The molecule has 0 atom stereocenters. The van der Waals surface area contributed by atoms with Crippen LogP contribution in [0.1, 0.15) is 16.1 Å². The molecular weight excluding hydrogens is 288 g/mol. The molecule has 3 aromatic rings. The number of rotatable bonds is 5. The molecule has 3 rings (SSSR count). The van der Waals surface area contributed by atoms with Crippen molar-refractivity contribution >= 4 is 17.3 Å². The highest BCUT2D eigenvalue weighted by atomic mass is 32.1. The van der Waals surface area contributed by atoms with Crippen molar-refractivity contribution in [3.05, 3.63) is 52.5 Å². The number of nitrogens with zero attached hydrogens (tertiary/aromatic N) is 4. The van der Waals surface area contributed by atoms with Gasteiger partial charge in [-0.05, 0) is 40.9 Å². The summed E-state index contributed by atoms with van der Waals surface area (Å²) in [5.74, 6) is -1.10. The molecule has 0 bridgehead atoms. The SMILES string of the molecule is O=C(O)c1nnn(CCc2ccsc2)c1-c1ccccn1. The maximum absolute atomic E-state index is 11.3. The highest BCUT2D eigenvalue weighted by molar-refractivity contribution is 7.07. The first kappa shape index (κ1) is 13.4. The van der Waals surface area contributed by atoms with Crippen LogP contribution in [-0.2, 0) is 13.0 Å². The van der Waals surface area contributed by atoms with Crippen LogP contribution in [0.15, 0.2) is 41.2 Å². The van der Waals surface area contributed by atoms with Crippen molar-refractivity contribution in [2.45, 2.75) is 13.0 Å². The van der Waals surface area contributed by atoms with E-state index in [2.05, 4.69) is 20.7 Å². The zero-order valence-corrected chi connectivity index (χ0v) is 11.8. The van der Waals surface area contributed by atoms with Gasteiger partial charge < -0.3 is 5.11 Å². The summed E-state index contributed by atoms with van der Waals surface area (Å²) in [6.07, 6.45) is 2.39. The number of thiophene rings is 1. The van der Waals surface area contributed by atoms with Gasteiger partial charge in [0, 0.05) is 12.7 Å². The molecule has 0 saturated carbocycles. The molecule has 3 heterocycles. The van der Waals surface area contributed by atoms with Crippen LogP contribution in [0, 0.1) is 0 Å². The second kappa shape index (κ2) is 5.84. The lowest BCUT2D eigenvalue weighted by Gasteiger charge is -2.05. The highest BCUT2D eigenvalue weighted by Crippen LogP contribution is 2.20. The van der Waals surface area contributed by atoms with E-state index < -0.39 is 5.97 Å². The zero-order chi connectivity index (χ0) is 14.7. The van der Waals surface area contributed by atoms with Crippen LogP contribution in [0.2, 0.25) is 0 Å². The van der Waals surface area contributed by atoms with E-state index in [0.717, 1.165) is 6.42 Å². The molecule has 0 aliphatic rings. The number of carbonyl (C=O) groups is 1. The fraction of sp³-hybridized carbons (Fsp3) is 0.143. The molecule has 0 radical (unpaired) electrons. The summed E-state index contributed by atoms with van der Waals surface area (Å²) < 4.78 is 1.60. The van der Waals surface area contributed by atoms with Crippen LogP contribution < -0.4 is 0 Å². The molecule has 3 aromatic heterocycles. The predicted molar refractivity (Wildman–Crippen MR) is 78.2 cm³/mol. The Morgan fingerprint density at radius 1 is 1.33 bits per heavy atom. The molecule has 0 fully saturated rings. The zero-order valence-electron chi connectivity index (χ0n) is 11.0. The number of carboxylic acid groups (broad SMARTS) is 1. The largest absolute Gasteiger partial charge is 0.476 e. The Morgan fingerprint density at radius 3 is 2.90 bits per heavy atom. The second-order valence-corrected chi connectivity index (χ2v) is 5.19. The minimum atomic E-state index is -1.10. The Morgan fingerprint density at radius 2 is 2.24 bits per heavy atom. The molecule has 1 N–H and O–H groups in total. The number of aryl methyl sites for hydroxylation is 2. The summed E-state index contributed by atoms with van der Waals surface area (Å²) in [6, 6.07) is 7.39. The maximum atomic E-state index is 11.3. The summed E-state index contributed by atoms with van der Waals surface area (Å²) in [5.41, 5.74) is 2.13. The lowest BCUT2D eigenvalue weighted by Crippen LogP contribution is -2.07. The fourth-order valence-corrected chi connectivity index (χ4v) is 2.74. The van der Waals surface area contributed by atoms with Crippen molar-refractivity contribution in [1.82, 2.24) is 20.0 Å². The third-order valence-corrected chi connectivity index (χ3v) is 3.77. The van der Waals surface area contributed by atoms with Crippen LogP contribution in [0.4, 0.5) is 0 Å². The van der Waals surface area contributed by atoms with Gasteiger partial charge in [0.05, 0.1) is 5.69 Å². The number of aromatic carboxylic acids is 1. The predicted octanol–water partition coefficient (Wildman–Crippen LogP) is 2.34. The minimum absolute atomic E-state index is 0.0704. The van der Waals surface area contributed by atoms with Gasteiger partial charge in [-0.15, -0.1) is 5.10 Å². The Balaban J connectivity index is 1.95. The molecule has 0 unspecified atom stereocenters. The van der Waals surface area contributed by atoms with E-state index in [1.807, 2.05) is 17.5 Å². The van der Waals surface area contributed by atoms with Gasteiger partial charge in [-0.2, -0.15) is 11.3 Å². The van der Waals surface area contributed by atoms with Crippen molar-refractivity contribution in [3.63, 3.8) is 0 Å². The molecule has 0 spiro atoms. The van der Waals surface area contributed by atoms with Crippen molar-refractivity contribution in [3.8, 4) is 11.4 Å². The van der Waals surface area contributed by atoms with E-state index in [0.29, 0.717) is 17.9 Å². The molecule has 0 saturated heterocycles. The van der Waals surface area contributed by atoms with E-state index in [4.69, 9.17) is 0 Å². The number of hydrogen-bond acceptors (Lipinski definition) is 5. The quantitative estimate of drug-likeness (QED) is 0.782. The molecule has 0 aromatic carbocycles. The monoisotopic (exact) mass is 300 g/mol. The molecule has 6 nitrogen and oxygen atoms in total. The smallest absolute Gasteiger partial charge is 0.358 e. The molecule has 0 aliphatic heterocycles. The van der Waals surface area contributed by atoms with E-state index in [-0.39, 0.29) is 5.69 Å². The summed E-state index contributed by atoms with van der Waals surface area (Å²) >= 11 is 1.63. The van der Waals surface area contributed by atoms with Crippen molar-refractivity contribution in [2.24, 2.45) is 0 Å². The molecule has 21 heavy (non-hydrogen) atoms. The van der Waals surface area contributed by atoms with Gasteiger partial charge >= 0.3 is 5.97 Å². The lowest BCUT2D eigenvalue weighted by atomic mass is 10.2. The number of carboxylic acids is 1. The molecular formula is C14H12N4O2S. The van der Waals surface area contributed by atoms with Gasteiger partial charge in [-0.25, -0.2) is 9.48 Å².